The maximum atomic E-state index is 13.1. The van der Waals surface area contributed by atoms with Crippen LogP contribution in [0.5, 0.6) is 0 Å². The Balaban J connectivity index is 2.27. The summed E-state index contributed by atoms with van der Waals surface area (Å²) in [5.74, 6) is -2.39. The number of nitrogens with zero attached hydrogens (tertiary/aromatic N) is 1. The molecule has 11 heteroatoms. The van der Waals surface area contributed by atoms with E-state index in [2.05, 4.69) is 0 Å². The number of aliphatic hydroxyl groups is 1. The number of carbonyl (C=O) groups is 1. The molecule has 3 heterocycles. The second kappa shape index (κ2) is 4.59. The van der Waals surface area contributed by atoms with Crippen molar-refractivity contribution in [2.75, 3.05) is 5.32 Å². The molecule has 8 nitrogen and oxygen atoms in total. The lowest BCUT2D eigenvalue weighted by Crippen LogP contribution is -2.50. The van der Waals surface area contributed by atoms with Crippen LogP contribution in [-0.4, -0.2) is 26.7 Å². The Labute approximate surface area is 124 Å². The number of nitrogens with one attached hydrogen (secondary N) is 2. The summed E-state index contributed by atoms with van der Waals surface area (Å²) in [5.41, 5.74) is -7.87. The van der Waals surface area contributed by atoms with E-state index in [1.165, 1.54) is 18.4 Å². The predicted molar refractivity (Wildman–Crippen MR) is 67.7 cm³/mol. The lowest BCUT2D eigenvalue weighted by atomic mass is 9.97. The van der Waals surface area contributed by atoms with Crippen molar-refractivity contribution in [3.63, 3.8) is 0 Å². The molecule has 122 valence electrons. The topological polar surface area (TPSA) is 117 Å². The highest BCUT2D eigenvalue weighted by molar-refractivity contribution is 6.04. The molecule has 0 bridgehead atoms. The average molecular weight is 331 g/mol. The maximum Gasteiger partial charge on any atom is 0.431 e. The second-order valence-corrected chi connectivity index (χ2v) is 4.81. The highest BCUT2D eigenvalue weighted by atomic mass is 19.4. The molecule has 0 aromatic carbocycles. The molecule has 0 radical (unpaired) electrons. The summed E-state index contributed by atoms with van der Waals surface area (Å²) < 4.78 is 44.9. The molecule has 2 aromatic rings. The van der Waals surface area contributed by atoms with Crippen molar-refractivity contribution < 1.29 is 27.5 Å². The van der Waals surface area contributed by atoms with E-state index in [4.69, 9.17) is 4.42 Å². The van der Waals surface area contributed by atoms with Crippen molar-refractivity contribution in [2.24, 2.45) is 0 Å². The van der Waals surface area contributed by atoms with Gasteiger partial charge < -0.3 is 14.8 Å². The van der Waals surface area contributed by atoms with E-state index in [1.807, 2.05) is 0 Å². The first kappa shape index (κ1) is 15.1. The fourth-order valence-electron chi connectivity index (χ4n) is 2.33. The van der Waals surface area contributed by atoms with Crippen LogP contribution in [0.1, 0.15) is 11.3 Å². The highest BCUT2D eigenvalue weighted by Gasteiger charge is 2.66. The minimum atomic E-state index is -5.44. The van der Waals surface area contributed by atoms with Gasteiger partial charge in [0.1, 0.15) is 17.1 Å². The normalized spacial score (nSPS) is 20.4. The summed E-state index contributed by atoms with van der Waals surface area (Å²) in [6.07, 6.45) is -4.17. The van der Waals surface area contributed by atoms with Crippen molar-refractivity contribution in [1.29, 1.82) is 0 Å². The molecule has 1 aliphatic rings. The number of rotatable bonds is 2. The Morgan fingerprint density at radius 3 is 2.57 bits per heavy atom. The number of hydrogen-bond acceptors (Lipinski definition) is 5. The van der Waals surface area contributed by atoms with E-state index in [1.54, 1.807) is 10.3 Å². The van der Waals surface area contributed by atoms with E-state index < -0.39 is 40.3 Å². The fraction of sp³-hybridized carbons (Fsp3) is 0.250. The van der Waals surface area contributed by atoms with Crippen LogP contribution in [0.25, 0.3) is 0 Å². The second-order valence-electron chi connectivity index (χ2n) is 4.81. The molecule has 0 saturated heterocycles. The largest absolute Gasteiger partial charge is 0.467 e. The van der Waals surface area contributed by atoms with Gasteiger partial charge in [-0.1, -0.05) is 0 Å². The number of amides is 1. The van der Waals surface area contributed by atoms with Gasteiger partial charge in [-0.3, -0.25) is 19.1 Å². The molecule has 3 N–H and O–H groups in total. The van der Waals surface area contributed by atoms with E-state index in [-0.39, 0.29) is 12.3 Å². The molecule has 1 atom stereocenters. The monoisotopic (exact) mass is 331 g/mol. The van der Waals surface area contributed by atoms with Gasteiger partial charge in [0.05, 0.1) is 12.8 Å². The number of H-pyrrole nitrogens is 1. The zero-order valence-electron chi connectivity index (χ0n) is 11.1. The highest BCUT2D eigenvalue weighted by Crippen LogP contribution is 2.44. The van der Waals surface area contributed by atoms with Crippen LogP contribution in [0.4, 0.5) is 19.0 Å². The summed E-state index contributed by atoms with van der Waals surface area (Å²) >= 11 is 0. The van der Waals surface area contributed by atoms with Crippen molar-refractivity contribution >= 4 is 11.7 Å². The maximum absolute atomic E-state index is 13.1. The summed E-state index contributed by atoms with van der Waals surface area (Å²) in [6, 6.07) is 2.92. The molecule has 1 amide bonds. The standard InChI is InChI=1S/C12H8F3N3O5/c13-12(14,15)11(22)6-7(16-9(11)20)18(10(21)17-8(6)19)4-5-2-1-3-23-5/h1-3,22H,4H2,(H,16,20)(H,17,19,21). The summed E-state index contributed by atoms with van der Waals surface area (Å²) in [5, 5.41) is 11.5. The minimum absolute atomic E-state index is 0.193. The zero-order chi connectivity index (χ0) is 17.0. The van der Waals surface area contributed by atoms with E-state index in [0.717, 1.165) is 0 Å². The third-order valence-corrected chi connectivity index (χ3v) is 3.43. The van der Waals surface area contributed by atoms with Gasteiger partial charge in [-0.15, -0.1) is 0 Å². The van der Waals surface area contributed by atoms with Crippen LogP contribution in [0.15, 0.2) is 32.4 Å². The summed E-state index contributed by atoms with van der Waals surface area (Å²) in [7, 11) is 0. The van der Waals surface area contributed by atoms with E-state index >= 15 is 0 Å². The zero-order valence-corrected chi connectivity index (χ0v) is 11.1. The SMILES string of the molecule is O=C1Nc2c(c(=O)[nH]c(=O)n2Cc2ccco2)C1(O)C(F)(F)F. The number of aromatic amines is 1. The molecule has 1 unspecified atom stereocenters. The smallest absolute Gasteiger partial charge is 0.431 e. The molecule has 0 spiro atoms. The number of carbonyl (C=O) groups excluding carboxylic acids is 1. The van der Waals surface area contributed by atoms with Crippen molar-refractivity contribution in [3.05, 3.63) is 50.6 Å². The Hall–Kier alpha value is -2.82. The fourth-order valence-corrected chi connectivity index (χ4v) is 2.33. The van der Waals surface area contributed by atoms with Gasteiger partial charge in [0.25, 0.3) is 17.1 Å². The van der Waals surface area contributed by atoms with Crippen molar-refractivity contribution in [1.82, 2.24) is 9.55 Å². The van der Waals surface area contributed by atoms with Gasteiger partial charge >= 0.3 is 11.9 Å². The Morgan fingerprint density at radius 1 is 1.30 bits per heavy atom. The molecular weight excluding hydrogens is 323 g/mol. The van der Waals surface area contributed by atoms with Gasteiger partial charge in [0.2, 0.25) is 0 Å². The quantitative estimate of drug-likeness (QED) is 0.709. The first-order chi connectivity index (χ1) is 10.7. The number of aromatic nitrogens is 2. The molecule has 0 fully saturated rings. The van der Waals surface area contributed by atoms with Gasteiger partial charge in [-0.25, -0.2) is 4.79 Å². The predicted octanol–water partition coefficient (Wildman–Crippen LogP) is -0.120. The number of halogens is 3. The van der Waals surface area contributed by atoms with Gasteiger partial charge in [0, 0.05) is 0 Å². The number of anilines is 1. The van der Waals surface area contributed by atoms with Crippen molar-refractivity contribution in [3.8, 4) is 0 Å². The van der Waals surface area contributed by atoms with Crippen LogP contribution < -0.4 is 16.6 Å². The van der Waals surface area contributed by atoms with E-state index in [0.29, 0.717) is 4.57 Å². The van der Waals surface area contributed by atoms with Crippen LogP contribution in [0.2, 0.25) is 0 Å². The molecule has 2 aromatic heterocycles. The minimum Gasteiger partial charge on any atom is -0.467 e. The van der Waals surface area contributed by atoms with Crippen LogP contribution >= 0.6 is 0 Å². The number of hydrogen-bond donors (Lipinski definition) is 3. The first-order valence-corrected chi connectivity index (χ1v) is 6.17. The van der Waals surface area contributed by atoms with Gasteiger partial charge in [-0.05, 0) is 12.1 Å². The van der Waals surface area contributed by atoms with Crippen LogP contribution in [0, 0.1) is 0 Å². The molecule has 0 saturated carbocycles. The lowest BCUT2D eigenvalue weighted by Gasteiger charge is -2.22. The summed E-state index contributed by atoms with van der Waals surface area (Å²) in [6.45, 7) is -0.348. The third kappa shape index (κ3) is 2.00. The number of fused-ring (bicyclic) bond motifs is 1. The molecule has 0 aliphatic carbocycles. The van der Waals surface area contributed by atoms with Crippen molar-refractivity contribution in [2.45, 2.75) is 18.3 Å². The third-order valence-electron chi connectivity index (χ3n) is 3.43. The number of alkyl halides is 3. The van der Waals surface area contributed by atoms with E-state index in [9.17, 15) is 32.7 Å². The Morgan fingerprint density at radius 2 is 2.00 bits per heavy atom. The van der Waals surface area contributed by atoms with Crippen LogP contribution in [0.3, 0.4) is 0 Å². The first-order valence-electron chi connectivity index (χ1n) is 6.17. The Bertz CT molecular complexity index is 896. The lowest BCUT2D eigenvalue weighted by molar-refractivity contribution is -0.252. The Kier molecular flexibility index (Phi) is 3.01. The molecular formula is C12H8F3N3O5. The molecule has 23 heavy (non-hydrogen) atoms. The summed E-state index contributed by atoms with van der Waals surface area (Å²) in [4.78, 5) is 36.9. The molecule has 3 rings (SSSR count). The van der Waals surface area contributed by atoms with Gasteiger partial charge in [0.15, 0.2) is 0 Å². The number of furan rings is 1. The van der Waals surface area contributed by atoms with Crippen LogP contribution in [-0.2, 0) is 16.9 Å². The molecule has 1 aliphatic heterocycles. The van der Waals surface area contributed by atoms with Gasteiger partial charge in [-0.2, -0.15) is 13.2 Å². The average Bonchev–Trinajstić information content (AvgIpc) is 3.02.